The lowest BCUT2D eigenvalue weighted by Gasteiger charge is -2.57. The van der Waals surface area contributed by atoms with Crippen LogP contribution in [0.4, 0.5) is 0 Å². The SMILES string of the molecule is O=C(CC12CC3CC(CC(C3)C1)C2)N1CCCN(C(=O)c2ccccn2)CC1. The molecule has 6 rings (SSSR count). The molecule has 5 aliphatic rings. The van der Waals surface area contributed by atoms with Crippen molar-refractivity contribution in [3.8, 4) is 0 Å². The Morgan fingerprint density at radius 3 is 2.21 bits per heavy atom. The van der Waals surface area contributed by atoms with Gasteiger partial charge in [-0.25, -0.2) is 0 Å². The van der Waals surface area contributed by atoms with Gasteiger partial charge < -0.3 is 9.80 Å². The zero-order chi connectivity index (χ0) is 19.1. The van der Waals surface area contributed by atoms with Crippen molar-refractivity contribution in [2.45, 2.75) is 51.4 Å². The monoisotopic (exact) mass is 381 g/mol. The fraction of sp³-hybridized carbons (Fsp3) is 0.696. The predicted octanol–water partition coefficient (Wildman–Crippen LogP) is 3.36. The van der Waals surface area contributed by atoms with Gasteiger partial charge in [0, 0.05) is 38.8 Å². The predicted molar refractivity (Wildman–Crippen MR) is 107 cm³/mol. The summed E-state index contributed by atoms with van der Waals surface area (Å²) in [5.74, 6) is 2.96. The van der Waals surface area contributed by atoms with Crippen molar-refractivity contribution in [3.05, 3.63) is 30.1 Å². The minimum Gasteiger partial charge on any atom is -0.341 e. The Balaban J connectivity index is 1.21. The summed E-state index contributed by atoms with van der Waals surface area (Å²) in [6.07, 6.45) is 11.3. The maximum Gasteiger partial charge on any atom is 0.272 e. The van der Waals surface area contributed by atoms with Gasteiger partial charge in [0.1, 0.15) is 5.69 Å². The first-order valence-corrected chi connectivity index (χ1v) is 11.1. The van der Waals surface area contributed by atoms with Crippen LogP contribution in [0, 0.1) is 23.2 Å². The second kappa shape index (κ2) is 7.16. The summed E-state index contributed by atoms with van der Waals surface area (Å²) in [6.45, 7) is 2.75. The Hall–Kier alpha value is -1.91. The van der Waals surface area contributed by atoms with Crippen molar-refractivity contribution in [1.82, 2.24) is 14.8 Å². The Kier molecular flexibility index (Phi) is 4.64. The van der Waals surface area contributed by atoms with E-state index in [1.807, 2.05) is 21.9 Å². The summed E-state index contributed by atoms with van der Waals surface area (Å²) < 4.78 is 0. The van der Waals surface area contributed by atoms with E-state index in [4.69, 9.17) is 0 Å². The molecule has 1 aliphatic heterocycles. The summed E-state index contributed by atoms with van der Waals surface area (Å²) in [5.41, 5.74) is 0.789. The molecule has 0 spiro atoms. The van der Waals surface area contributed by atoms with Crippen LogP contribution in [-0.2, 0) is 4.79 Å². The van der Waals surface area contributed by atoms with E-state index < -0.39 is 0 Å². The molecule has 5 heteroatoms. The molecule has 0 radical (unpaired) electrons. The van der Waals surface area contributed by atoms with Crippen LogP contribution in [0.5, 0.6) is 0 Å². The van der Waals surface area contributed by atoms with Gasteiger partial charge in [-0.05, 0) is 80.2 Å². The van der Waals surface area contributed by atoms with Gasteiger partial charge in [0.05, 0.1) is 0 Å². The Labute approximate surface area is 167 Å². The van der Waals surface area contributed by atoms with Crippen LogP contribution in [-0.4, -0.2) is 52.8 Å². The molecule has 0 unspecified atom stereocenters. The van der Waals surface area contributed by atoms with Gasteiger partial charge in [0.15, 0.2) is 0 Å². The molecular formula is C23H31N3O2. The first kappa shape index (κ1) is 18.1. The summed E-state index contributed by atoms with van der Waals surface area (Å²) in [7, 11) is 0. The minimum absolute atomic E-state index is 0.0176. The first-order chi connectivity index (χ1) is 13.6. The fourth-order valence-corrected chi connectivity index (χ4v) is 6.96. The highest BCUT2D eigenvalue weighted by molar-refractivity contribution is 5.92. The molecule has 2 amide bonds. The zero-order valence-electron chi connectivity index (χ0n) is 16.7. The van der Waals surface area contributed by atoms with E-state index in [2.05, 4.69) is 4.98 Å². The lowest BCUT2D eigenvalue weighted by atomic mass is 9.49. The summed E-state index contributed by atoms with van der Waals surface area (Å²) >= 11 is 0. The molecular weight excluding hydrogens is 350 g/mol. The van der Waals surface area contributed by atoms with Crippen molar-refractivity contribution in [1.29, 1.82) is 0 Å². The van der Waals surface area contributed by atoms with Crippen molar-refractivity contribution >= 4 is 11.8 Å². The van der Waals surface area contributed by atoms with Crippen LogP contribution in [0.25, 0.3) is 0 Å². The van der Waals surface area contributed by atoms with Crippen molar-refractivity contribution < 1.29 is 9.59 Å². The van der Waals surface area contributed by atoms with Gasteiger partial charge in [-0.3, -0.25) is 14.6 Å². The van der Waals surface area contributed by atoms with Crippen molar-refractivity contribution in [2.75, 3.05) is 26.2 Å². The highest BCUT2D eigenvalue weighted by Gasteiger charge is 2.51. The summed E-state index contributed by atoms with van der Waals surface area (Å²) in [6, 6.07) is 5.44. The van der Waals surface area contributed by atoms with Crippen LogP contribution in [0.3, 0.4) is 0 Å². The van der Waals surface area contributed by atoms with Gasteiger partial charge in [-0.1, -0.05) is 6.07 Å². The van der Waals surface area contributed by atoms with E-state index in [9.17, 15) is 9.59 Å². The van der Waals surface area contributed by atoms with Gasteiger partial charge >= 0.3 is 0 Å². The molecule has 4 saturated carbocycles. The van der Waals surface area contributed by atoms with Gasteiger partial charge in [-0.2, -0.15) is 0 Å². The van der Waals surface area contributed by atoms with E-state index in [0.29, 0.717) is 36.7 Å². The molecule has 1 saturated heterocycles. The van der Waals surface area contributed by atoms with Crippen molar-refractivity contribution in [3.63, 3.8) is 0 Å². The molecule has 28 heavy (non-hydrogen) atoms. The first-order valence-electron chi connectivity index (χ1n) is 11.1. The molecule has 4 bridgehead atoms. The number of carbonyl (C=O) groups is 2. The molecule has 5 nitrogen and oxygen atoms in total. The molecule has 2 heterocycles. The average molecular weight is 382 g/mol. The number of aromatic nitrogens is 1. The topological polar surface area (TPSA) is 53.5 Å². The molecule has 0 N–H and O–H groups in total. The molecule has 0 aromatic carbocycles. The maximum absolute atomic E-state index is 13.2. The Morgan fingerprint density at radius 2 is 1.57 bits per heavy atom. The van der Waals surface area contributed by atoms with Crippen LogP contribution < -0.4 is 0 Å². The lowest BCUT2D eigenvalue weighted by Crippen LogP contribution is -2.48. The largest absolute Gasteiger partial charge is 0.341 e. The fourth-order valence-electron chi connectivity index (χ4n) is 6.96. The molecule has 1 aromatic rings. The van der Waals surface area contributed by atoms with Crippen LogP contribution in [0.15, 0.2) is 24.4 Å². The Bertz CT molecular complexity index is 712. The number of pyridine rings is 1. The number of carbonyl (C=O) groups excluding carboxylic acids is 2. The minimum atomic E-state index is -0.0176. The summed E-state index contributed by atoms with van der Waals surface area (Å²) in [5, 5.41) is 0. The Morgan fingerprint density at radius 1 is 0.929 bits per heavy atom. The quantitative estimate of drug-likeness (QED) is 0.807. The zero-order valence-corrected chi connectivity index (χ0v) is 16.7. The van der Waals surface area contributed by atoms with E-state index in [0.717, 1.165) is 37.1 Å². The van der Waals surface area contributed by atoms with Crippen molar-refractivity contribution in [2.24, 2.45) is 23.2 Å². The van der Waals surface area contributed by atoms with E-state index in [1.54, 1.807) is 12.3 Å². The number of hydrogen-bond donors (Lipinski definition) is 0. The van der Waals surface area contributed by atoms with Gasteiger partial charge in [0.2, 0.25) is 5.91 Å². The van der Waals surface area contributed by atoms with Gasteiger partial charge in [0.25, 0.3) is 5.91 Å². The number of nitrogens with zero attached hydrogens (tertiary/aromatic N) is 3. The smallest absolute Gasteiger partial charge is 0.272 e. The number of hydrogen-bond acceptors (Lipinski definition) is 3. The van der Waals surface area contributed by atoms with Crippen LogP contribution >= 0.6 is 0 Å². The number of amides is 2. The molecule has 0 atom stereocenters. The van der Waals surface area contributed by atoms with Crippen LogP contribution in [0.1, 0.15) is 61.9 Å². The highest BCUT2D eigenvalue weighted by Crippen LogP contribution is 2.61. The second-order valence-corrected chi connectivity index (χ2v) is 9.84. The third-order valence-corrected chi connectivity index (χ3v) is 7.71. The molecule has 1 aromatic heterocycles. The third-order valence-electron chi connectivity index (χ3n) is 7.71. The maximum atomic E-state index is 13.2. The van der Waals surface area contributed by atoms with E-state index in [-0.39, 0.29) is 5.91 Å². The summed E-state index contributed by atoms with van der Waals surface area (Å²) in [4.78, 5) is 34.0. The molecule has 5 fully saturated rings. The number of rotatable bonds is 3. The lowest BCUT2D eigenvalue weighted by molar-refractivity contribution is -0.139. The standard InChI is InChI=1S/C23H31N3O2/c27-21(16-23-13-17-10-18(14-23)12-19(11-17)15-23)25-6-3-7-26(9-8-25)22(28)20-4-1-2-5-24-20/h1-2,4-5,17-19H,3,6-16H2. The van der Waals surface area contributed by atoms with E-state index >= 15 is 0 Å². The van der Waals surface area contributed by atoms with E-state index in [1.165, 1.54) is 38.5 Å². The molecule has 150 valence electrons. The normalized spacial score (nSPS) is 34.4. The average Bonchev–Trinajstić information content (AvgIpc) is 2.93. The van der Waals surface area contributed by atoms with Gasteiger partial charge in [-0.15, -0.1) is 0 Å². The molecule has 4 aliphatic carbocycles. The highest BCUT2D eigenvalue weighted by atomic mass is 16.2. The second-order valence-electron chi connectivity index (χ2n) is 9.84. The van der Waals surface area contributed by atoms with Crippen LogP contribution in [0.2, 0.25) is 0 Å². The third kappa shape index (κ3) is 3.44.